The molecule has 0 spiro atoms. The molecule has 0 aromatic heterocycles. The van der Waals surface area contributed by atoms with Gasteiger partial charge in [-0.1, -0.05) is 30.3 Å². The highest BCUT2D eigenvalue weighted by Crippen LogP contribution is 2.18. The van der Waals surface area contributed by atoms with Crippen molar-refractivity contribution >= 4 is 0 Å². The fourth-order valence-corrected chi connectivity index (χ4v) is 1.86. The van der Waals surface area contributed by atoms with Crippen LogP contribution in [0.3, 0.4) is 0 Å². The number of allylic oxidation sites excluding steroid dienone is 1. The van der Waals surface area contributed by atoms with Crippen LogP contribution in [0, 0.1) is 0 Å². The maximum atomic E-state index is 2.36. The number of fused-ring (bicyclic) bond motifs is 1. The van der Waals surface area contributed by atoms with E-state index in [2.05, 4.69) is 48.4 Å². The Morgan fingerprint density at radius 3 is 2.77 bits per heavy atom. The number of nitrogens with zero attached hydrogens (tertiary/aromatic N) is 1. The van der Waals surface area contributed by atoms with Crippen molar-refractivity contribution < 1.29 is 0 Å². The van der Waals surface area contributed by atoms with Crippen LogP contribution < -0.4 is 0 Å². The van der Waals surface area contributed by atoms with E-state index in [-0.39, 0.29) is 0 Å². The largest absolute Gasteiger partial charge is 0.373 e. The smallest absolute Gasteiger partial charge is 0.0426 e. The van der Waals surface area contributed by atoms with E-state index in [0.29, 0.717) is 0 Å². The van der Waals surface area contributed by atoms with Gasteiger partial charge in [-0.15, -0.1) is 0 Å². The van der Waals surface area contributed by atoms with Gasteiger partial charge in [0.25, 0.3) is 0 Å². The summed E-state index contributed by atoms with van der Waals surface area (Å²) >= 11 is 0. The van der Waals surface area contributed by atoms with Crippen LogP contribution in [-0.4, -0.2) is 11.4 Å². The van der Waals surface area contributed by atoms with Crippen LogP contribution in [0.15, 0.2) is 36.5 Å². The Kier molecular flexibility index (Phi) is 2.35. The zero-order valence-corrected chi connectivity index (χ0v) is 8.03. The molecule has 1 aromatic carbocycles. The van der Waals surface area contributed by atoms with Crippen molar-refractivity contribution in [1.29, 1.82) is 0 Å². The van der Waals surface area contributed by atoms with Gasteiger partial charge in [0, 0.05) is 13.1 Å². The molecule has 0 atom stereocenters. The van der Waals surface area contributed by atoms with Crippen molar-refractivity contribution in [2.75, 3.05) is 6.54 Å². The molecule has 1 heterocycles. The Bertz CT molecular complexity index is 315. The minimum atomic E-state index is 1.07. The maximum Gasteiger partial charge on any atom is 0.0426 e. The minimum absolute atomic E-state index is 1.07. The van der Waals surface area contributed by atoms with E-state index in [0.717, 1.165) is 13.1 Å². The van der Waals surface area contributed by atoms with E-state index in [9.17, 15) is 0 Å². The molecule has 0 amide bonds. The van der Waals surface area contributed by atoms with Gasteiger partial charge in [0.15, 0.2) is 0 Å². The second kappa shape index (κ2) is 3.65. The van der Waals surface area contributed by atoms with Crippen LogP contribution in [0.2, 0.25) is 0 Å². The summed E-state index contributed by atoms with van der Waals surface area (Å²) < 4.78 is 0. The van der Waals surface area contributed by atoms with Crippen molar-refractivity contribution in [3.63, 3.8) is 0 Å². The Balaban J connectivity index is 2.19. The lowest BCUT2D eigenvalue weighted by Crippen LogP contribution is -2.25. The average molecular weight is 173 g/mol. The molecule has 0 aliphatic carbocycles. The molecule has 1 aliphatic rings. The van der Waals surface area contributed by atoms with E-state index in [1.165, 1.54) is 17.5 Å². The molecular formula is C12H15N. The normalized spacial score (nSPS) is 16.2. The van der Waals surface area contributed by atoms with Crippen molar-refractivity contribution in [3.05, 3.63) is 47.7 Å². The van der Waals surface area contributed by atoms with Gasteiger partial charge in [-0.25, -0.2) is 0 Å². The van der Waals surface area contributed by atoms with Gasteiger partial charge < -0.3 is 4.90 Å². The monoisotopic (exact) mass is 173 g/mol. The molecule has 68 valence electrons. The quantitative estimate of drug-likeness (QED) is 0.631. The average Bonchev–Trinajstić information content (AvgIpc) is 2.18. The molecule has 1 heteroatoms. The summed E-state index contributed by atoms with van der Waals surface area (Å²) in [5.74, 6) is 0. The predicted molar refractivity (Wildman–Crippen MR) is 55.4 cm³/mol. The van der Waals surface area contributed by atoms with Crippen molar-refractivity contribution in [1.82, 2.24) is 4.90 Å². The number of rotatable bonds is 1. The topological polar surface area (TPSA) is 3.24 Å². The molecule has 1 aliphatic heterocycles. The Morgan fingerprint density at radius 1 is 1.23 bits per heavy atom. The summed E-state index contributed by atoms with van der Waals surface area (Å²) in [4.78, 5) is 2.36. The van der Waals surface area contributed by atoms with Crippen LogP contribution in [0.4, 0.5) is 0 Å². The zero-order chi connectivity index (χ0) is 9.10. The lowest BCUT2D eigenvalue weighted by molar-refractivity contribution is 0.352. The summed E-state index contributed by atoms with van der Waals surface area (Å²) in [6.07, 6.45) is 5.46. The van der Waals surface area contributed by atoms with Crippen LogP contribution in [0.25, 0.3) is 0 Å². The molecule has 0 unspecified atom stereocenters. The standard InChI is InChI=1S/C12H15N/c1-2-8-13-9-7-11-5-3-4-6-12(11)10-13/h2-6,8H,7,9-10H2,1H3. The Labute approximate surface area is 79.7 Å². The van der Waals surface area contributed by atoms with Crippen molar-refractivity contribution in [3.8, 4) is 0 Å². The SMILES string of the molecule is CC=CN1CCc2ccccc2C1. The highest BCUT2D eigenvalue weighted by Gasteiger charge is 2.11. The third kappa shape index (κ3) is 1.74. The van der Waals surface area contributed by atoms with Crippen LogP contribution >= 0.6 is 0 Å². The van der Waals surface area contributed by atoms with E-state index in [1.807, 2.05) is 0 Å². The van der Waals surface area contributed by atoms with E-state index < -0.39 is 0 Å². The lowest BCUT2D eigenvalue weighted by atomic mass is 10.0. The zero-order valence-electron chi connectivity index (χ0n) is 8.03. The minimum Gasteiger partial charge on any atom is -0.373 e. The first-order valence-corrected chi connectivity index (χ1v) is 4.84. The summed E-state index contributed by atoms with van der Waals surface area (Å²) in [6, 6.07) is 8.72. The third-order valence-corrected chi connectivity index (χ3v) is 2.52. The molecule has 2 rings (SSSR count). The van der Waals surface area contributed by atoms with E-state index >= 15 is 0 Å². The second-order valence-corrected chi connectivity index (χ2v) is 3.47. The summed E-state index contributed by atoms with van der Waals surface area (Å²) in [7, 11) is 0. The van der Waals surface area contributed by atoms with Crippen LogP contribution in [0.5, 0.6) is 0 Å². The fourth-order valence-electron chi connectivity index (χ4n) is 1.86. The Morgan fingerprint density at radius 2 is 2.00 bits per heavy atom. The number of benzene rings is 1. The van der Waals surface area contributed by atoms with Crippen molar-refractivity contribution in [2.24, 2.45) is 0 Å². The fraction of sp³-hybridized carbons (Fsp3) is 0.333. The predicted octanol–water partition coefficient (Wildman–Crippen LogP) is 2.58. The molecule has 0 saturated heterocycles. The highest BCUT2D eigenvalue weighted by molar-refractivity contribution is 5.29. The van der Waals surface area contributed by atoms with Gasteiger partial charge in [-0.05, 0) is 30.7 Å². The molecule has 0 bridgehead atoms. The van der Waals surface area contributed by atoms with Crippen molar-refractivity contribution in [2.45, 2.75) is 19.9 Å². The number of hydrogen-bond acceptors (Lipinski definition) is 1. The van der Waals surface area contributed by atoms with Gasteiger partial charge in [-0.3, -0.25) is 0 Å². The first-order chi connectivity index (χ1) is 6.40. The third-order valence-electron chi connectivity index (χ3n) is 2.52. The first-order valence-electron chi connectivity index (χ1n) is 4.84. The second-order valence-electron chi connectivity index (χ2n) is 3.47. The molecule has 0 N–H and O–H groups in total. The molecule has 0 fully saturated rings. The first kappa shape index (κ1) is 8.36. The molecular weight excluding hydrogens is 158 g/mol. The molecule has 1 aromatic rings. The Hall–Kier alpha value is -1.24. The van der Waals surface area contributed by atoms with Gasteiger partial charge in [0.05, 0.1) is 0 Å². The number of hydrogen-bond donors (Lipinski definition) is 0. The van der Waals surface area contributed by atoms with Gasteiger partial charge in [-0.2, -0.15) is 0 Å². The maximum absolute atomic E-state index is 2.36. The summed E-state index contributed by atoms with van der Waals surface area (Å²) in [6.45, 7) is 4.29. The summed E-state index contributed by atoms with van der Waals surface area (Å²) in [5, 5.41) is 0. The molecule has 0 saturated carbocycles. The van der Waals surface area contributed by atoms with Gasteiger partial charge >= 0.3 is 0 Å². The molecule has 1 nitrogen and oxygen atoms in total. The van der Waals surface area contributed by atoms with E-state index in [4.69, 9.17) is 0 Å². The van der Waals surface area contributed by atoms with E-state index in [1.54, 1.807) is 0 Å². The molecule has 0 radical (unpaired) electrons. The molecule has 13 heavy (non-hydrogen) atoms. The summed E-state index contributed by atoms with van der Waals surface area (Å²) in [5.41, 5.74) is 3.00. The lowest BCUT2D eigenvalue weighted by Gasteiger charge is -2.27. The van der Waals surface area contributed by atoms with Crippen LogP contribution in [0.1, 0.15) is 18.1 Å². The van der Waals surface area contributed by atoms with Crippen LogP contribution in [-0.2, 0) is 13.0 Å². The highest BCUT2D eigenvalue weighted by atomic mass is 15.1. The van der Waals surface area contributed by atoms with Gasteiger partial charge in [0.1, 0.15) is 0 Å². The van der Waals surface area contributed by atoms with Gasteiger partial charge in [0.2, 0.25) is 0 Å².